The van der Waals surface area contributed by atoms with E-state index in [1.807, 2.05) is 60.7 Å². The second kappa shape index (κ2) is 14.4. The Bertz CT molecular complexity index is 1380. The molecule has 0 aliphatic carbocycles. The number of hydrogen-bond donors (Lipinski definition) is 2. The largest absolute Gasteiger partial charge is 0.494 e. The van der Waals surface area contributed by atoms with Crippen LogP contribution >= 0.6 is 24.0 Å². The van der Waals surface area contributed by atoms with Gasteiger partial charge >= 0.3 is 12.1 Å². The molecule has 4 nitrogen and oxygen atoms in total. The summed E-state index contributed by atoms with van der Waals surface area (Å²) in [6.45, 7) is 1.36. The van der Waals surface area contributed by atoms with E-state index in [0.29, 0.717) is 37.4 Å². The van der Waals surface area contributed by atoms with Gasteiger partial charge in [0.05, 0.1) is 22.8 Å². The molecule has 0 saturated heterocycles. The van der Waals surface area contributed by atoms with Gasteiger partial charge in [-0.25, -0.2) is 4.79 Å². The second-order valence-electron chi connectivity index (χ2n) is 9.48. The lowest BCUT2D eigenvalue weighted by Crippen LogP contribution is -2.42. The first kappa shape index (κ1) is 32.0. The molecule has 0 unspecified atom stereocenters. The van der Waals surface area contributed by atoms with Gasteiger partial charge in [0.2, 0.25) is 0 Å². The van der Waals surface area contributed by atoms with Gasteiger partial charge in [-0.05, 0) is 60.3 Å². The molecule has 0 aliphatic heterocycles. The van der Waals surface area contributed by atoms with Crippen LogP contribution in [0.1, 0.15) is 39.0 Å². The number of ether oxygens (including phenoxy) is 1. The fraction of sp³-hybridized carbons (Fsp3) is 0.219. The summed E-state index contributed by atoms with van der Waals surface area (Å²) < 4.78 is 46.8. The highest BCUT2D eigenvalue weighted by molar-refractivity contribution is 6.32. The van der Waals surface area contributed by atoms with Gasteiger partial charge in [0.15, 0.2) is 0 Å². The number of carboxylic acid groups (broad SMARTS) is 1. The first-order valence-corrected chi connectivity index (χ1v) is 13.2. The molecule has 0 aromatic heterocycles. The van der Waals surface area contributed by atoms with Crippen LogP contribution in [0, 0.1) is 0 Å². The number of benzene rings is 4. The van der Waals surface area contributed by atoms with Crippen molar-refractivity contribution in [1.82, 2.24) is 5.32 Å². The van der Waals surface area contributed by atoms with Crippen molar-refractivity contribution in [3.05, 3.63) is 136 Å². The summed E-state index contributed by atoms with van der Waals surface area (Å²) >= 11 is 6.37. The summed E-state index contributed by atoms with van der Waals surface area (Å²) in [5.41, 5.74) is 0.895. The van der Waals surface area contributed by atoms with Gasteiger partial charge in [-0.3, -0.25) is 0 Å². The Morgan fingerprint density at radius 2 is 1.46 bits per heavy atom. The normalized spacial score (nSPS) is 11.5. The number of nitrogens with one attached hydrogen (secondary N) is 1. The Hall–Kier alpha value is -3.52. The molecule has 0 saturated carbocycles. The van der Waals surface area contributed by atoms with E-state index in [9.17, 15) is 18.0 Å². The van der Waals surface area contributed by atoms with Crippen LogP contribution in [-0.4, -0.2) is 30.8 Å². The van der Waals surface area contributed by atoms with Gasteiger partial charge in [0, 0.05) is 12.0 Å². The zero-order valence-electron chi connectivity index (χ0n) is 22.0. The average molecular weight is 604 g/mol. The minimum Gasteiger partial charge on any atom is -0.494 e. The maximum atomic E-state index is 13.7. The van der Waals surface area contributed by atoms with E-state index in [0.717, 1.165) is 17.2 Å². The molecular formula is C32H30Cl2F3NO3. The highest BCUT2D eigenvalue weighted by atomic mass is 35.5. The molecule has 9 heteroatoms. The SMILES string of the molecule is Cl.O=C(O)c1cccc(OCCCNCC(Cc2cccc(C(F)(F)F)c2Cl)(c2ccccc2)c2ccccc2)c1. The van der Waals surface area contributed by atoms with Gasteiger partial charge in [-0.15, -0.1) is 12.4 Å². The number of aromatic carboxylic acids is 1. The highest BCUT2D eigenvalue weighted by Crippen LogP contribution is 2.41. The van der Waals surface area contributed by atoms with E-state index >= 15 is 0 Å². The van der Waals surface area contributed by atoms with Crippen molar-refractivity contribution in [3.63, 3.8) is 0 Å². The number of carbonyl (C=O) groups is 1. The van der Waals surface area contributed by atoms with Crippen LogP contribution in [0.4, 0.5) is 13.2 Å². The lowest BCUT2D eigenvalue weighted by Gasteiger charge is -2.36. The first-order chi connectivity index (χ1) is 19.2. The zero-order chi connectivity index (χ0) is 28.6. The number of alkyl halides is 3. The third-order valence-corrected chi connectivity index (χ3v) is 7.25. The molecule has 4 rings (SSSR count). The number of carboxylic acids is 1. The molecule has 0 heterocycles. The van der Waals surface area contributed by atoms with Crippen molar-refractivity contribution < 1.29 is 27.8 Å². The Morgan fingerprint density at radius 3 is 2.05 bits per heavy atom. The summed E-state index contributed by atoms with van der Waals surface area (Å²) in [6.07, 6.45) is -3.69. The molecule has 0 fully saturated rings. The fourth-order valence-electron chi connectivity index (χ4n) is 4.82. The maximum absolute atomic E-state index is 13.7. The third kappa shape index (κ3) is 8.03. The van der Waals surface area contributed by atoms with Crippen molar-refractivity contribution in [1.29, 1.82) is 0 Å². The number of hydrogen-bond acceptors (Lipinski definition) is 3. The Kier molecular flexibility index (Phi) is 11.2. The van der Waals surface area contributed by atoms with Crippen LogP contribution in [0.25, 0.3) is 0 Å². The summed E-state index contributed by atoms with van der Waals surface area (Å²) in [5.74, 6) is -0.548. The van der Waals surface area contributed by atoms with Gasteiger partial charge in [0.1, 0.15) is 5.75 Å². The van der Waals surface area contributed by atoms with Crippen LogP contribution < -0.4 is 10.1 Å². The number of rotatable bonds is 12. The van der Waals surface area contributed by atoms with Crippen LogP contribution in [0.5, 0.6) is 5.75 Å². The first-order valence-electron chi connectivity index (χ1n) is 12.8. The standard InChI is InChI=1S/C32H29ClF3NO3.ClH/c33-29-24(11-8-17-28(29)32(34,35)36)21-31(25-12-3-1-4-13-25,26-14-5-2-6-15-26)22-37-18-9-19-40-27-16-7-10-23(20-27)30(38)39;/h1-8,10-17,20,37H,9,18-19,21-22H2,(H,38,39);1H. The Balaban J connectivity index is 0.00000462. The summed E-state index contributed by atoms with van der Waals surface area (Å²) in [7, 11) is 0. The van der Waals surface area contributed by atoms with Crippen LogP contribution in [-0.2, 0) is 18.0 Å². The minimum atomic E-state index is -4.56. The lowest BCUT2D eigenvalue weighted by atomic mass is 9.70. The van der Waals surface area contributed by atoms with Crippen molar-refractivity contribution in [3.8, 4) is 5.75 Å². The van der Waals surface area contributed by atoms with Crippen molar-refractivity contribution >= 4 is 30.0 Å². The van der Waals surface area contributed by atoms with Crippen LogP contribution in [0.3, 0.4) is 0 Å². The average Bonchev–Trinajstić information content (AvgIpc) is 2.95. The van der Waals surface area contributed by atoms with Crippen LogP contribution in [0.15, 0.2) is 103 Å². The smallest absolute Gasteiger partial charge is 0.417 e. The van der Waals surface area contributed by atoms with Gasteiger partial charge in [-0.1, -0.05) is 90.5 Å². The van der Waals surface area contributed by atoms with Crippen LogP contribution in [0.2, 0.25) is 5.02 Å². The Labute approximate surface area is 248 Å². The molecule has 0 atom stereocenters. The van der Waals surface area contributed by atoms with E-state index in [1.54, 1.807) is 18.2 Å². The molecule has 41 heavy (non-hydrogen) atoms. The van der Waals surface area contributed by atoms with Gasteiger partial charge < -0.3 is 15.2 Å². The fourth-order valence-corrected chi connectivity index (χ4v) is 5.12. The Morgan fingerprint density at radius 1 is 0.854 bits per heavy atom. The summed E-state index contributed by atoms with van der Waals surface area (Å²) in [4.78, 5) is 11.2. The quantitative estimate of drug-likeness (QED) is 0.161. The van der Waals surface area contributed by atoms with E-state index < -0.39 is 23.1 Å². The second-order valence-corrected chi connectivity index (χ2v) is 9.86. The minimum absolute atomic E-state index is 0. The van der Waals surface area contributed by atoms with E-state index in [2.05, 4.69) is 5.32 Å². The van der Waals surface area contributed by atoms with Crippen molar-refractivity contribution in [2.75, 3.05) is 19.7 Å². The molecule has 4 aromatic carbocycles. The maximum Gasteiger partial charge on any atom is 0.417 e. The van der Waals surface area contributed by atoms with Gasteiger partial charge in [0.25, 0.3) is 0 Å². The summed E-state index contributed by atoms with van der Waals surface area (Å²) in [6, 6.07) is 29.8. The molecule has 0 bridgehead atoms. The molecule has 0 amide bonds. The molecule has 0 aliphatic rings. The molecule has 4 aromatic rings. The van der Waals surface area contributed by atoms with E-state index in [1.165, 1.54) is 18.2 Å². The van der Waals surface area contributed by atoms with E-state index in [-0.39, 0.29) is 29.4 Å². The third-order valence-electron chi connectivity index (χ3n) is 6.80. The lowest BCUT2D eigenvalue weighted by molar-refractivity contribution is -0.137. The predicted octanol–water partition coefficient (Wildman–Crippen LogP) is 8.07. The van der Waals surface area contributed by atoms with Gasteiger partial charge in [-0.2, -0.15) is 13.2 Å². The summed E-state index contributed by atoms with van der Waals surface area (Å²) in [5, 5.41) is 12.4. The molecule has 2 N–H and O–H groups in total. The van der Waals surface area contributed by atoms with Crippen molar-refractivity contribution in [2.45, 2.75) is 24.4 Å². The number of halogens is 5. The predicted molar refractivity (Wildman–Crippen MR) is 157 cm³/mol. The topological polar surface area (TPSA) is 58.6 Å². The highest BCUT2D eigenvalue weighted by Gasteiger charge is 2.38. The van der Waals surface area contributed by atoms with E-state index in [4.69, 9.17) is 21.4 Å². The molecule has 0 radical (unpaired) electrons. The van der Waals surface area contributed by atoms with Crippen molar-refractivity contribution in [2.24, 2.45) is 0 Å². The molecule has 216 valence electrons. The molecular weight excluding hydrogens is 574 g/mol. The monoisotopic (exact) mass is 603 g/mol. The zero-order valence-corrected chi connectivity index (χ0v) is 23.6. The molecule has 0 spiro atoms.